The molecule has 1 N–H and O–H groups in total. The van der Waals surface area contributed by atoms with Gasteiger partial charge >= 0.3 is 0 Å². The normalized spacial score (nSPS) is 22.1. The monoisotopic (exact) mass is 468 g/mol. The van der Waals surface area contributed by atoms with E-state index in [4.69, 9.17) is 0 Å². The number of nitrogens with one attached hydrogen (secondary N) is 1. The average Bonchev–Trinajstić information content (AvgIpc) is 3.21. The quantitative estimate of drug-likeness (QED) is 0.567. The van der Waals surface area contributed by atoms with Crippen LogP contribution in [0.4, 0.5) is 4.39 Å². The van der Waals surface area contributed by atoms with E-state index in [1.165, 1.54) is 11.0 Å². The number of imide groups is 1. The summed E-state index contributed by atoms with van der Waals surface area (Å²) in [5, 5.41) is 0.970. The molecule has 184 valence electrons. The fourth-order valence-corrected chi connectivity index (χ4v) is 5.87. The highest BCUT2D eigenvalue weighted by Gasteiger charge is 2.44. The molecule has 2 amide bonds. The zero-order valence-electron chi connectivity index (χ0n) is 20.6. The van der Waals surface area contributed by atoms with Gasteiger partial charge < -0.3 is 9.88 Å². The fraction of sp³-hybridized carbons (Fsp3) is 0.556. The summed E-state index contributed by atoms with van der Waals surface area (Å²) in [6, 6.07) is 3.43. The summed E-state index contributed by atoms with van der Waals surface area (Å²) in [4.78, 5) is 35.8. The lowest BCUT2D eigenvalue weighted by Gasteiger charge is -2.47. The highest BCUT2D eigenvalue weighted by atomic mass is 19.1. The molecular formula is C27H37FN4O2. The van der Waals surface area contributed by atoms with Gasteiger partial charge in [0.15, 0.2) is 0 Å². The number of aromatic nitrogens is 1. The Morgan fingerprint density at radius 3 is 2.79 bits per heavy atom. The standard InChI is InChI=1S/C27H37FN4O2/c1-5-8-24(33)32(13-7-12-30(3)4)27(34)19-14-20-23(31(17-19)11-6-2)15-18-16-29-22-10-9-21(28)26(20)25(18)22/h6,9-10,16,19-20,23,29H,2,5,7-8,11-15,17H2,1,3-4H3/t19-,20+,23-/m1/s1. The van der Waals surface area contributed by atoms with Crippen LogP contribution in [0.1, 0.15) is 49.7 Å². The highest BCUT2D eigenvalue weighted by molar-refractivity contribution is 5.96. The van der Waals surface area contributed by atoms with Crippen LogP contribution in [0.5, 0.6) is 0 Å². The summed E-state index contributed by atoms with van der Waals surface area (Å²) < 4.78 is 15.2. The lowest BCUT2D eigenvalue weighted by atomic mass is 9.71. The van der Waals surface area contributed by atoms with Gasteiger partial charge in [-0.2, -0.15) is 0 Å². The SMILES string of the molecule is C=CCN1C[C@H](C(=O)N(CCCN(C)C)C(=O)CCC)C[C@@H]2c3c(F)ccc4[nH]cc(c34)C[C@H]21. The average molecular weight is 469 g/mol. The number of hydrogen-bond acceptors (Lipinski definition) is 4. The molecule has 2 aromatic rings. The topological polar surface area (TPSA) is 59.7 Å². The predicted molar refractivity (Wildman–Crippen MR) is 133 cm³/mol. The minimum atomic E-state index is -0.350. The van der Waals surface area contributed by atoms with Gasteiger partial charge in [-0.15, -0.1) is 6.58 Å². The maximum atomic E-state index is 15.2. The number of fused-ring (bicyclic) bond motifs is 2. The molecule has 4 rings (SSSR count). The molecule has 1 aromatic carbocycles. The van der Waals surface area contributed by atoms with Crippen molar-refractivity contribution >= 4 is 22.7 Å². The van der Waals surface area contributed by atoms with E-state index in [9.17, 15) is 9.59 Å². The van der Waals surface area contributed by atoms with Crippen molar-refractivity contribution in [2.45, 2.75) is 51.0 Å². The Balaban J connectivity index is 1.65. The summed E-state index contributed by atoms with van der Waals surface area (Å²) >= 11 is 0. The molecule has 1 saturated heterocycles. The van der Waals surface area contributed by atoms with Gasteiger partial charge in [-0.05, 0) is 64.0 Å². The number of benzene rings is 1. The van der Waals surface area contributed by atoms with Crippen LogP contribution in [-0.2, 0) is 16.0 Å². The van der Waals surface area contributed by atoms with Gasteiger partial charge in [0, 0.05) is 60.7 Å². The molecule has 1 aliphatic heterocycles. The summed E-state index contributed by atoms with van der Waals surface area (Å²) in [7, 11) is 3.98. The van der Waals surface area contributed by atoms with Crippen molar-refractivity contribution in [2.24, 2.45) is 5.92 Å². The van der Waals surface area contributed by atoms with Crippen LogP contribution in [0, 0.1) is 11.7 Å². The van der Waals surface area contributed by atoms with Crippen LogP contribution in [-0.4, -0.2) is 77.8 Å². The smallest absolute Gasteiger partial charge is 0.233 e. The van der Waals surface area contributed by atoms with E-state index in [0.29, 0.717) is 38.9 Å². The van der Waals surface area contributed by atoms with Gasteiger partial charge in [0.1, 0.15) is 5.82 Å². The Morgan fingerprint density at radius 1 is 1.29 bits per heavy atom. The zero-order valence-corrected chi connectivity index (χ0v) is 20.6. The number of carbonyl (C=O) groups excluding carboxylic acids is 2. The van der Waals surface area contributed by atoms with Gasteiger partial charge in [0.2, 0.25) is 11.8 Å². The maximum absolute atomic E-state index is 15.2. The van der Waals surface area contributed by atoms with Crippen LogP contribution in [0.15, 0.2) is 31.0 Å². The number of H-pyrrole nitrogens is 1. The number of carbonyl (C=O) groups is 2. The summed E-state index contributed by atoms with van der Waals surface area (Å²) in [5.41, 5.74) is 2.79. The number of hydrogen-bond donors (Lipinski definition) is 1. The predicted octanol–water partition coefficient (Wildman–Crippen LogP) is 3.93. The lowest BCUT2D eigenvalue weighted by Crippen LogP contribution is -2.54. The van der Waals surface area contributed by atoms with E-state index in [1.54, 1.807) is 6.07 Å². The number of rotatable bonds is 9. The van der Waals surface area contributed by atoms with Gasteiger partial charge in [0.05, 0.1) is 5.92 Å². The van der Waals surface area contributed by atoms with Crippen LogP contribution in [0.3, 0.4) is 0 Å². The van der Waals surface area contributed by atoms with Gasteiger partial charge in [-0.1, -0.05) is 13.0 Å². The van der Waals surface area contributed by atoms with Crippen molar-refractivity contribution in [1.82, 2.24) is 19.7 Å². The van der Waals surface area contributed by atoms with E-state index < -0.39 is 0 Å². The Morgan fingerprint density at radius 2 is 2.09 bits per heavy atom. The molecule has 7 heteroatoms. The van der Waals surface area contributed by atoms with Crippen LogP contribution in [0.2, 0.25) is 0 Å². The van der Waals surface area contributed by atoms with Gasteiger partial charge in [0.25, 0.3) is 0 Å². The molecule has 1 fully saturated rings. The molecule has 6 nitrogen and oxygen atoms in total. The third-order valence-corrected chi connectivity index (χ3v) is 7.37. The molecule has 0 spiro atoms. The minimum Gasteiger partial charge on any atom is -0.361 e. The van der Waals surface area contributed by atoms with E-state index in [1.807, 2.05) is 33.3 Å². The molecule has 1 aromatic heterocycles. The fourth-order valence-electron chi connectivity index (χ4n) is 5.87. The molecule has 34 heavy (non-hydrogen) atoms. The molecule has 2 heterocycles. The molecule has 0 saturated carbocycles. The number of likely N-dealkylation sites (tertiary alicyclic amines) is 1. The number of aromatic amines is 1. The largest absolute Gasteiger partial charge is 0.361 e. The molecule has 2 aliphatic rings. The van der Waals surface area contributed by atoms with Crippen molar-refractivity contribution in [3.05, 3.63) is 47.9 Å². The summed E-state index contributed by atoms with van der Waals surface area (Å²) in [6.07, 6.45) is 7.03. The third kappa shape index (κ3) is 4.68. The van der Waals surface area contributed by atoms with E-state index in [2.05, 4.69) is 21.4 Å². The first-order valence-electron chi connectivity index (χ1n) is 12.5. The van der Waals surface area contributed by atoms with Gasteiger partial charge in [-0.3, -0.25) is 19.4 Å². The van der Waals surface area contributed by atoms with Crippen LogP contribution >= 0.6 is 0 Å². The Labute approximate surface area is 201 Å². The van der Waals surface area contributed by atoms with Crippen molar-refractivity contribution in [3.63, 3.8) is 0 Å². The highest BCUT2D eigenvalue weighted by Crippen LogP contribution is 2.46. The first kappa shape index (κ1) is 24.6. The first-order valence-corrected chi connectivity index (χ1v) is 12.5. The van der Waals surface area contributed by atoms with E-state index in [-0.39, 0.29) is 35.5 Å². The van der Waals surface area contributed by atoms with Crippen LogP contribution in [0.25, 0.3) is 10.9 Å². The molecule has 0 unspecified atom stereocenters. The second-order valence-corrected chi connectivity index (χ2v) is 10.0. The number of nitrogens with zero attached hydrogens (tertiary/aromatic N) is 3. The molecule has 0 radical (unpaired) electrons. The second kappa shape index (κ2) is 10.4. The van der Waals surface area contributed by atoms with Crippen molar-refractivity contribution in [2.75, 3.05) is 40.3 Å². The Hall–Kier alpha value is -2.51. The molecule has 3 atom stereocenters. The molecular weight excluding hydrogens is 431 g/mol. The zero-order chi connectivity index (χ0) is 24.4. The number of amides is 2. The van der Waals surface area contributed by atoms with E-state index >= 15 is 4.39 Å². The van der Waals surface area contributed by atoms with Crippen molar-refractivity contribution in [1.29, 1.82) is 0 Å². The first-order chi connectivity index (χ1) is 16.3. The van der Waals surface area contributed by atoms with Gasteiger partial charge in [-0.25, -0.2) is 4.39 Å². The van der Waals surface area contributed by atoms with Crippen molar-refractivity contribution in [3.8, 4) is 0 Å². The van der Waals surface area contributed by atoms with E-state index in [0.717, 1.165) is 41.4 Å². The Kier molecular flexibility index (Phi) is 7.53. The summed E-state index contributed by atoms with van der Waals surface area (Å²) in [5.74, 6) is -0.874. The maximum Gasteiger partial charge on any atom is 0.233 e. The lowest BCUT2D eigenvalue weighted by molar-refractivity contribution is -0.149. The minimum absolute atomic E-state index is 0.0976. The van der Waals surface area contributed by atoms with Crippen molar-refractivity contribution < 1.29 is 14.0 Å². The number of piperidine rings is 1. The van der Waals surface area contributed by atoms with Crippen LogP contribution < -0.4 is 0 Å². The second-order valence-electron chi connectivity index (χ2n) is 10.0. The number of halogens is 1. The third-order valence-electron chi connectivity index (χ3n) is 7.37. The Bertz CT molecular complexity index is 1060. The molecule has 0 bridgehead atoms. The molecule has 1 aliphatic carbocycles. The summed E-state index contributed by atoms with van der Waals surface area (Å²) in [6.45, 7) is 8.30.